The fraction of sp³-hybridized carbons (Fsp3) is 0.0455. The van der Waals surface area contributed by atoms with Gasteiger partial charge in [0, 0.05) is 38.6 Å². The normalized spacial score (nSPS) is 13.0. The van der Waals surface area contributed by atoms with Gasteiger partial charge in [-0.1, -0.05) is 90.9 Å². The number of aryl methyl sites for hydroxylation is 1. The summed E-state index contributed by atoms with van der Waals surface area (Å²) < 4.78 is 7.18. The van der Waals surface area contributed by atoms with Crippen LogP contribution in [0.15, 0.2) is 140 Å². The molecular formula is C44H31N3. The lowest BCUT2D eigenvalue weighted by Gasteiger charge is -2.16. The van der Waals surface area contributed by atoms with Crippen molar-refractivity contribution in [1.29, 1.82) is 0 Å². The summed E-state index contributed by atoms with van der Waals surface area (Å²) in [6.45, 7) is 6.53. The van der Waals surface area contributed by atoms with E-state index in [1.165, 1.54) is 60.4 Å². The largest absolute Gasteiger partial charge is 0.309 e. The highest BCUT2D eigenvalue weighted by molar-refractivity contribution is 6.11. The molecule has 0 bridgehead atoms. The molecule has 3 aromatic heterocycles. The molecule has 0 unspecified atom stereocenters. The molecule has 0 spiro atoms. The van der Waals surface area contributed by atoms with Gasteiger partial charge >= 0.3 is 0 Å². The fourth-order valence-electron chi connectivity index (χ4n) is 7.63. The molecular weight excluding hydrogens is 571 g/mol. The lowest BCUT2D eigenvalue weighted by molar-refractivity contribution is 1.05. The second kappa shape index (κ2) is 10.4. The summed E-state index contributed by atoms with van der Waals surface area (Å²) in [5.74, 6) is 2.70. The zero-order chi connectivity index (χ0) is 31.6. The zero-order valence-corrected chi connectivity index (χ0v) is 26.1. The Labute approximate surface area is 273 Å². The third-order valence-corrected chi connectivity index (χ3v) is 9.68. The summed E-state index contributed by atoms with van der Waals surface area (Å²) in [6, 6.07) is 41.5. The van der Waals surface area contributed by atoms with E-state index in [1.54, 1.807) is 6.08 Å². The molecule has 1 aliphatic carbocycles. The van der Waals surface area contributed by atoms with Gasteiger partial charge in [0.2, 0.25) is 0 Å². The monoisotopic (exact) mass is 601 g/mol. The summed E-state index contributed by atoms with van der Waals surface area (Å²) in [6.07, 6.45) is 14.8. The fourth-order valence-corrected chi connectivity index (χ4v) is 7.63. The predicted molar refractivity (Wildman–Crippen MR) is 199 cm³/mol. The first-order valence-electron chi connectivity index (χ1n) is 16.0. The van der Waals surface area contributed by atoms with Gasteiger partial charge in [-0.15, -0.1) is 6.42 Å². The van der Waals surface area contributed by atoms with Gasteiger partial charge in [-0.05, 0) is 91.2 Å². The molecule has 0 N–H and O–H groups in total. The van der Waals surface area contributed by atoms with Crippen LogP contribution in [0.5, 0.6) is 0 Å². The van der Waals surface area contributed by atoms with Crippen molar-refractivity contribution in [3.63, 3.8) is 0 Å². The van der Waals surface area contributed by atoms with Crippen molar-refractivity contribution in [3.05, 3.63) is 162 Å². The van der Waals surface area contributed by atoms with Crippen molar-refractivity contribution in [1.82, 2.24) is 13.7 Å². The molecule has 0 radical (unpaired) electrons. The van der Waals surface area contributed by atoms with Crippen LogP contribution in [-0.2, 0) is 6.42 Å². The Balaban J connectivity index is 1.35. The van der Waals surface area contributed by atoms with Crippen molar-refractivity contribution in [2.45, 2.75) is 13.3 Å². The Morgan fingerprint density at radius 1 is 0.617 bits per heavy atom. The third kappa shape index (κ3) is 3.95. The maximum absolute atomic E-state index is 5.72. The topological polar surface area (TPSA) is 14.8 Å². The molecule has 0 fully saturated rings. The minimum Gasteiger partial charge on any atom is -0.309 e. The van der Waals surface area contributed by atoms with Gasteiger partial charge in [-0.2, -0.15) is 0 Å². The molecule has 47 heavy (non-hydrogen) atoms. The molecule has 3 heteroatoms. The number of para-hydroxylation sites is 3. The smallest absolute Gasteiger partial charge is 0.0785 e. The van der Waals surface area contributed by atoms with Crippen LogP contribution in [0.1, 0.15) is 22.5 Å². The van der Waals surface area contributed by atoms with Crippen molar-refractivity contribution in [3.8, 4) is 29.4 Å². The summed E-state index contributed by atoms with van der Waals surface area (Å²) >= 11 is 0. The number of hydrogen-bond acceptors (Lipinski definition) is 0. The van der Waals surface area contributed by atoms with E-state index in [4.69, 9.17) is 6.42 Å². The second-order valence-corrected chi connectivity index (χ2v) is 12.3. The van der Waals surface area contributed by atoms with Gasteiger partial charge in [0.05, 0.1) is 33.5 Å². The number of hydrogen-bond donors (Lipinski definition) is 0. The van der Waals surface area contributed by atoms with Crippen molar-refractivity contribution >= 4 is 55.8 Å². The van der Waals surface area contributed by atoms with Crippen molar-refractivity contribution < 1.29 is 0 Å². The quantitative estimate of drug-likeness (QED) is 0.178. The van der Waals surface area contributed by atoms with Crippen LogP contribution in [0, 0.1) is 19.3 Å². The molecule has 0 amide bonds. The number of benzene rings is 5. The predicted octanol–water partition coefficient (Wildman–Crippen LogP) is 10.8. The van der Waals surface area contributed by atoms with E-state index in [2.05, 4.69) is 167 Å². The molecule has 0 aliphatic heterocycles. The maximum Gasteiger partial charge on any atom is 0.0785 e. The molecule has 3 nitrogen and oxygen atoms in total. The molecule has 222 valence electrons. The highest BCUT2D eigenvalue weighted by atomic mass is 15.1. The minimum absolute atomic E-state index is 0.815. The van der Waals surface area contributed by atoms with Crippen LogP contribution in [0.4, 0.5) is 0 Å². The third-order valence-electron chi connectivity index (χ3n) is 9.68. The summed E-state index contributed by atoms with van der Waals surface area (Å²) in [5.41, 5.74) is 14.0. The molecule has 8 aromatic rings. The number of fused-ring (bicyclic) bond motifs is 8. The van der Waals surface area contributed by atoms with E-state index < -0.39 is 0 Å². The summed E-state index contributed by atoms with van der Waals surface area (Å²) in [5, 5.41) is 4.97. The molecule has 0 atom stereocenters. The molecule has 0 saturated carbocycles. The van der Waals surface area contributed by atoms with Crippen LogP contribution >= 0.6 is 0 Å². The lowest BCUT2D eigenvalue weighted by atomic mass is 9.97. The highest BCUT2D eigenvalue weighted by Gasteiger charge is 2.25. The number of nitrogens with zero attached hydrogens (tertiary/aromatic N) is 3. The van der Waals surface area contributed by atoms with Gasteiger partial charge in [-0.3, -0.25) is 0 Å². The Kier molecular flexibility index (Phi) is 6.00. The molecule has 5 aromatic carbocycles. The number of allylic oxidation sites excluding steroid dienone is 3. The highest BCUT2D eigenvalue weighted by Crippen LogP contribution is 2.42. The van der Waals surface area contributed by atoms with E-state index in [0.717, 1.165) is 34.8 Å². The van der Waals surface area contributed by atoms with E-state index in [0.29, 0.717) is 0 Å². The van der Waals surface area contributed by atoms with Crippen LogP contribution in [0.2, 0.25) is 0 Å². The first-order chi connectivity index (χ1) is 23.1. The Morgan fingerprint density at radius 3 is 1.87 bits per heavy atom. The summed E-state index contributed by atoms with van der Waals surface area (Å²) in [4.78, 5) is 0. The molecule has 1 aliphatic rings. The molecule has 3 heterocycles. The number of rotatable bonds is 4. The van der Waals surface area contributed by atoms with Crippen molar-refractivity contribution in [2.24, 2.45) is 0 Å². The lowest BCUT2D eigenvalue weighted by Crippen LogP contribution is -2.03. The van der Waals surface area contributed by atoms with E-state index in [1.807, 2.05) is 0 Å². The Morgan fingerprint density at radius 2 is 1.19 bits per heavy atom. The average molecular weight is 602 g/mol. The van der Waals surface area contributed by atoms with E-state index in [9.17, 15) is 0 Å². The number of aromatic nitrogens is 3. The van der Waals surface area contributed by atoms with Gasteiger partial charge in [0.15, 0.2) is 0 Å². The van der Waals surface area contributed by atoms with Crippen molar-refractivity contribution in [2.75, 3.05) is 0 Å². The van der Waals surface area contributed by atoms with Gasteiger partial charge < -0.3 is 13.7 Å². The minimum atomic E-state index is 0.815. The van der Waals surface area contributed by atoms with Crippen LogP contribution < -0.4 is 0 Å². The van der Waals surface area contributed by atoms with E-state index >= 15 is 0 Å². The van der Waals surface area contributed by atoms with Gasteiger partial charge in [-0.25, -0.2) is 0 Å². The molecule has 0 saturated heterocycles. The zero-order valence-electron chi connectivity index (χ0n) is 26.1. The van der Waals surface area contributed by atoms with Gasteiger partial charge in [0.1, 0.15) is 0 Å². The Hall–Kier alpha value is -6.24. The first kappa shape index (κ1) is 27.1. The molecule has 9 rings (SSSR count). The number of terminal acetylenes is 1. The van der Waals surface area contributed by atoms with Crippen LogP contribution in [0.3, 0.4) is 0 Å². The SMILES string of the molecule is C#C/C=C\c1c(C)c2ccc3c4c(n(-c5ccc(-n6c7ccccc7c7ccccc76)cc5)c3c2n1-c1ccccc1)C=CC(=C)C4. The standard InChI is InChI=1S/C44H31N3/c1-4-5-17-39-30(3)34-25-26-37-38-28-29(2)20-27-42(38)47(44(37)43(34)46(39)31-13-7-6-8-14-31)33-23-21-32(22-24-33)45-40-18-11-9-15-35(40)36-16-10-12-19-41(36)45/h1,5-27H,2,28H2,3H3/b17-5-. The first-order valence-corrected chi connectivity index (χ1v) is 16.0. The van der Waals surface area contributed by atoms with Gasteiger partial charge in [0.25, 0.3) is 0 Å². The van der Waals surface area contributed by atoms with Crippen LogP contribution in [-0.4, -0.2) is 13.7 Å². The average Bonchev–Trinajstić information content (AvgIpc) is 3.73. The second-order valence-electron chi connectivity index (χ2n) is 12.3. The Bertz CT molecular complexity index is 2610. The maximum atomic E-state index is 5.72. The van der Waals surface area contributed by atoms with Crippen LogP contribution in [0.25, 0.3) is 72.8 Å². The summed E-state index contributed by atoms with van der Waals surface area (Å²) in [7, 11) is 0. The van der Waals surface area contributed by atoms with E-state index in [-0.39, 0.29) is 0 Å².